The number of halogens is 1. The Bertz CT molecular complexity index is 415. The topological polar surface area (TPSA) is 47.6 Å². The van der Waals surface area contributed by atoms with Crippen LogP contribution in [0.2, 0.25) is 0 Å². The van der Waals surface area contributed by atoms with Crippen molar-refractivity contribution >= 4 is 30.2 Å². The molecule has 0 bridgehead atoms. The van der Waals surface area contributed by atoms with Crippen molar-refractivity contribution in [3.8, 4) is 0 Å². The quantitative estimate of drug-likeness (QED) is 0.668. The summed E-state index contributed by atoms with van der Waals surface area (Å²) in [6, 6.07) is 5.46. The third-order valence-electron chi connectivity index (χ3n) is 1.82. The van der Waals surface area contributed by atoms with Crippen LogP contribution in [0.25, 0.3) is 0 Å². The maximum absolute atomic E-state index is 12.6. The van der Waals surface area contributed by atoms with Gasteiger partial charge in [-0.15, -0.1) is 0 Å². The number of anilines is 1. The van der Waals surface area contributed by atoms with Crippen molar-refractivity contribution in [3.63, 3.8) is 0 Å². The molecular formula is C9H11FNO3PS. The Hall–Kier alpha value is -0.810. The van der Waals surface area contributed by atoms with Gasteiger partial charge in [0.1, 0.15) is 5.82 Å². The third-order valence-corrected chi connectivity index (χ3v) is 4.17. The summed E-state index contributed by atoms with van der Waals surface area (Å²) in [5, 5.41) is 2.66. The number of rotatable bonds is 4. The molecule has 0 amide bonds. The molecule has 0 aromatic heterocycles. The van der Waals surface area contributed by atoms with Gasteiger partial charge in [-0.1, -0.05) is 12.2 Å². The smallest absolute Gasteiger partial charge is 0.340 e. The highest BCUT2D eigenvalue weighted by atomic mass is 32.1. The van der Waals surface area contributed by atoms with Crippen molar-refractivity contribution < 1.29 is 18.0 Å². The molecule has 0 radical (unpaired) electrons. The first-order valence-electron chi connectivity index (χ1n) is 4.30. The van der Waals surface area contributed by atoms with Gasteiger partial charge in [0.25, 0.3) is 0 Å². The monoisotopic (exact) mass is 263 g/mol. The van der Waals surface area contributed by atoms with Gasteiger partial charge in [0.2, 0.25) is 0 Å². The minimum absolute atomic E-state index is 0.0656. The van der Waals surface area contributed by atoms with Crippen molar-refractivity contribution in [2.75, 3.05) is 19.5 Å². The highest BCUT2D eigenvalue weighted by Gasteiger charge is 2.27. The molecule has 0 fully saturated rings. The van der Waals surface area contributed by atoms with E-state index in [9.17, 15) is 8.96 Å². The minimum atomic E-state index is -3.42. The van der Waals surface area contributed by atoms with Crippen LogP contribution >= 0.6 is 19.8 Å². The predicted octanol–water partition coefficient (Wildman–Crippen LogP) is 3.01. The van der Waals surface area contributed by atoms with Crippen molar-refractivity contribution in [3.05, 3.63) is 30.1 Å². The number of thiocarbonyl (C=S) groups is 1. The fourth-order valence-corrected chi connectivity index (χ4v) is 2.28. The van der Waals surface area contributed by atoms with Gasteiger partial charge < -0.3 is 14.4 Å². The Balaban J connectivity index is 2.78. The second kappa shape index (κ2) is 5.50. The number of nitrogens with one attached hydrogen (secondary N) is 1. The highest BCUT2D eigenvalue weighted by molar-refractivity contribution is 7.98. The molecule has 7 heteroatoms. The summed E-state index contributed by atoms with van der Waals surface area (Å²) in [5.74, 6) is -0.363. The van der Waals surface area contributed by atoms with Crippen LogP contribution in [0.4, 0.5) is 10.1 Å². The molecule has 0 atom stereocenters. The Kier molecular flexibility index (Phi) is 4.56. The Morgan fingerprint density at radius 3 is 2.25 bits per heavy atom. The van der Waals surface area contributed by atoms with Gasteiger partial charge >= 0.3 is 7.60 Å². The van der Waals surface area contributed by atoms with Crippen LogP contribution in [0.5, 0.6) is 0 Å². The number of benzene rings is 1. The van der Waals surface area contributed by atoms with Gasteiger partial charge in [0.15, 0.2) is 4.73 Å². The molecule has 88 valence electrons. The van der Waals surface area contributed by atoms with Crippen LogP contribution in [0, 0.1) is 5.82 Å². The van der Waals surface area contributed by atoms with E-state index in [1.807, 2.05) is 0 Å². The second-order valence-electron chi connectivity index (χ2n) is 2.80. The lowest BCUT2D eigenvalue weighted by Gasteiger charge is -2.15. The van der Waals surface area contributed by atoms with Crippen molar-refractivity contribution in [2.45, 2.75) is 0 Å². The summed E-state index contributed by atoms with van der Waals surface area (Å²) >= 11 is 4.88. The molecule has 0 saturated carbocycles. The van der Waals surface area contributed by atoms with Crippen LogP contribution in [0.3, 0.4) is 0 Å². The Morgan fingerprint density at radius 2 is 1.81 bits per heavy atom. The second-order valence-corrected chi connectivity index (χ2v) is 5.68. The zero-order valence-corrected chi connectivity index (χ0v) is 10.5. The summed E-state index contributed by atoms with van der Waals surface area (Å²) in [5.41, 5.74) is 0.515. The summed E-state index contributed by atoms with van der Waals surface area (Å²) in [6.07, 6.45) is 0. The third kappa shape index (κ3) is 3.09. The molecule has 0 aliphatic heterocycles. The lowest BCUT2D eigenvalue weighted by Crippen LogP contribution is -2.11. The van der Waals surface area contributed by atoms with Crippen LogP contribution < -0.4 is 5.32 Å². The summed E-state index contributed by atoms with van der Waals surface area (Å²) in [4.78, 5) is 0. The molecule has 1 rings (SSSR count). The van der Waals surface area contributed by atoms with Gasteiger partial charge in [0, 0.05) is 19.9 Å². The first-order chi connectivity index (χ1) is 7.51. The average Bonchev–Trinajstić information content (AvgIpc) is 2.31. The molecule has 1 aromatic rings. The zero-order valence-electron chi connectivity index (χ0n) is 8.77. The lowest BCUT2D eigenvalue weighted by molar-refractivity contribution is 0.291. The molecule has 0 aliphatic rings. The van der Waals surface area contributed by atoms with Crippen molar-refractivity contribution in [1.29, 1.82) is 0 Å². The van der Waals surface area contributed by atoms with Crippen LogP contribution in [0.15, 0.2) is 24.3 Å². The van der Waals surface area contributed by atoms with Crippen LogP contribution in [0.1, 0.15) is 0 Å². The Labute approximate surface area is 98.3 Å². The molecule has 1 aromatic carbocycles. The van der Waals surface area contributed by atoms with E-state index in [0.717, 1.165) is 0 Å². The summed E-state index contributed by atoms with van der Waals surface area (Å²) < 4.78 is 33.8. The van der Waals surface area contributed by atoms with Gasteiger partial charge in [0.05, 0.1) is 0 Å². The molecule has 0 spiro atoms. The first-order valence-corrected chi connectivity index (χ1v) is 6.25. The Morgan fingerprint density at radius 1 is 1.31 bits per heavy atom. The maximum Gasteiger partial charge on any atom is 0.387 e. The SMILES string of the molecule is COP(=O)(OC)C(=S)Nc1ccc(F)cc1. The molecule has 0 saturated heterocycles. The molecule has 0 heterocycles. The number of hydrogen-bond donors (Lipinski definition) is 1. The van der Waals surface area contributed by atoms with E-state index in [4.69, 9.17) is 21.3 Å². The van der Waals surface area contributed by atoms with E-state index in [2.05, 4.69) is 5.32 Å². The van der Waals surface area contributed by atoms with Gasteiger partial charge in [-0.3, -0.25) is 4.57 Å². The van der Waals surface area contributed by atoms with E-state index in [1.54, 1.807) is 0 Å². The standard InChI is InChI=1S/C9H11FNO3PS/c1-13-15(12,14-2)9(16)11-8-5-3-7(10)4-6-8/h3-6H,1-2H3,(H,11,16). The van der Waals surface area contributed by atoms with Gasteiger partial charge in [-0.25, -0.2) is 4.39 Å². The normalized spacial score (nSPS) is 11.2. The molecule has 16 heavy (non-hydrogen) atoms. The van der Waals surface area contributed by atoms with E-state index < -0.39 is 7.60 Å². The fraction of sp³-hybridized carbons (Fsp3) is 0.222. The highest BCUT2D eigenvalue weighted by Crippen LogP contribution is 2.48. The van der Waals surface area contributed by atoms with E-state index in [-0.39, 0.29) is 10.5 Å². The average molecular weight is 263 g/mol. The van der Waals surface area contributed by atoms with Crippen molar-refractivity contribution in [1.82, 2.24) is 0 Å². The molecule has 4 nitrogen and oxygen atoms in total. The molecular weight excluding hydrogens is 252 g/mol. The zero-order chi connectivity index (χ0) is 12.2. The van der Waals surface area contributed by atoms with Crippen LogP contribution in [-0.2, 0) is 13.6 Å². The van der Waals surface area contributed by atoms with Gasteiger partial charge in [-0.2, -0.15) is 0 Å². The molecule has 0 aliphatic carbocycles. The molecule has 0 unspecified atom stereocenters. The minimum Gasteiger partial charge on any atom is -0.340 e. The van der Waals surface area contributed by atoms with E-state index in [1.165, 1.54) is 38.5 Å². The fourth-order valence-electron chi connectivity index (χ4n) is 0.966. The van der Waals surface area contributed by atoms with Crippen LogP contribution in [-0.4, -0.2) is 18.9 Å². The van der Waals surface area contributed by atoms with Gasteiger partial charge in [-0.05, 0) is 24.3 Å². The van der Waals surface area contributed by atoms with E-state index in [0.29, 0.717) is 5.69 Å². The number of hydrogen-bond acceptors (Lipinski definition) is 4. The van der Waals surface area contributed by atoms with Crippen molar-refractivity contribution in [2.24, 2.45) is 0 Å². The summed E-state index contributed by atoms with van der Waals surface area (Å²) in [6.45, 7) is 0. The molecule has 1 N–H and O–H groups in total. The first kappa shape index (κ1) is 13.3. The summed E-state index contributed by atoms with van der Waals surface area (Å²) in [7, 11) is -0.945. The predicted molar refractivity (Wildman–Crippen MR) is 64.2 cm³/mol. The lowest BCUT2D eigenvalue weighted by atomic mass is 10.3. The maximum atomic E-state index is 12.6. The van der Waals surface area contributed by atoms with E-state index >= 15 is 0 Å². The largest absolute Gasteiger partial charge is 0.387 e.